The van der Waals surface area contributed by atoms with Crippen LogP contribution in [0.3, 0.4) is 0 Å². The highest BCUT2D eigenvalue weighted by molar-refractivity contribution is 5.73. The van der Waals surface area contributed by atoms with Crippen molar-refractivity contribution >= 4 is 11.9 Å². The van der Waals surface area contributed by atoms with Crippen molar-refractivity contribution in [1.82, 2.24) is 0 Å². The average Bonchev–Trinajstić information content (AvgIpc) is 2.89. The minimum Gasteiger partial charge on any atom is -0.469 e. The molecule has 194 valence electrons. The number of nitrogens with zero attached hydrogens (tertiary/aromatic N) is 2. The van der Waals surface area contributed by atoms with Crippen LogP contribution in [0.25, 0.3) is 0 Å². The summed E-state index contributed by atoms with van der Waals surface area (Å²) in [5, 5.41) is 0. The summed E-state index contributed by atoms with van der Waals surface area (Å²) in [6, 6.07) is 0. The monoisotopic (exact) mass is 478 g/mol. The Morgan fingerprint density at radius 2 is 0.912 bits per heavy atom. The van der Waals surface area contributed by atoms with Crippen molar-refractivity contribution < 1.29 is 28.0 Å². The van der Waals surface area contributed by atoms with Gasteiger partial charge in [-0.15, -0.1) is 0 Å². The van der Waals surface area contributed by atoms with E-state index in [1.54, 1.807) is 14.2 Å². The van der Waals surface area contributed by atoms with E-state index in [9.17, 15) is 9.59 Å². The van der Waals surface area contributed by atoms with Gasteiger partial charge in [0.05, 0.1) is 66.6 Å². The second-order valence-electron chi connectivity index (χ2n) is 12.2. The van der Waals surface area contributed by atoms with E-state index in [1.807, 2.05) is 0 Å². The number of fused-ring (bicyclic) bond motifs is 6. The van der Waals surface area contributed by atoms with Crippen molar-refractivity contribution in [3.63, 3.8) is 0 Å². The fourth-order valence-corrected chi connectivity index (χ4v) is 8.00. The number of hydrogen-bond donors (Lipinski definition) is 0. The Balaban J connectivity index is 1.04. The summed E-state index contributed by atoms with van der Waals surface area (Å²) in [4.78, 5) is 24.3. The molecule has 0 aromatic rings. The van der Waals surface area contributed by atoms with Crippen LogP contribution in [0.5, 0.6) is 0 Å². The smallest absolute Gasteiger partial charge is 0.314 e. The standard InChI is InChI=1S/C28H50N2O4/c1-33-27(31)25-21-29(17-11-23(25)12-18-29)15-9-7-5-3-4-6-8-10-16-30-19-13-24(14-20-30)26(22-30)28(32)34-2/h23-26H,3-22H2,1-2H3/q+2. The summed E-state index contributed by atoms with van der Waals surface area (Å²) < 4.78 is 12.5. The van der Waals surface area contributed by atoms with Gasteiger partial charge < -0.3 is 18.4 Å². The fourth-order valence-electron chi connectivity index (χ4n) is 8.00. The van der Waals surface area contributed by atoms with Crippen LogP contribution in [0, 0.1) is 23.7 Å². The summed E-state index contributed by atoms with van der Waals surface area (Å²) in [6.07, 6.45) is 15.6. The second-order valence-corrected chi connectivity index (χ2v) is 12.2. The van der Waals surface area contributed by atoms with Crippen LogP contribution in [0.4, 0.5) is 0 Å². The molecule has 6 heteroatoms. The first-order chi connectivity index (χ1) is 16.5. The number of rotatable bonds is 13. The zero-order valence-electron chi connectivity index (χ0n) is 22.0. The highest BCUT2D eigenvalue weighted by Gasteiger charge is 2.49. The highest BCUT2D eigenvalue weighted by atomic mass is 16.5. The lowest BCUT2D eigenvalue weighted by molar-refractivity contribution is -0.945. The maximum Gasteiger partial charge on any atom is 0.314 e. The number of esters is 2. The van der Waals surface area contributed by atoms with Crippen molar-refractivity contribution in [2.45, 2.75) is 77.0 Å². The van der Waals surface area contributed by atoms with Crippen molar-refractivity contribution in [1.29, 1.82) is 0 Å². The van der Waals surface area contributed by atoms with Gasteiger partial charge in [0.15, 0.2) is 0 Å². The van der Waals surface area contributed by atoms with E-state index in [1.165, 1.54) is 125 Å². The lowest BCUT2D eigenvalue weighted by atomic mass is 9.77. The molecule has 6 aliphatic rings. The molecule has 4 bridgehead atoms. The number of methoxy groups -OCH3 is 2. The molecule has 0 radical (unpaired) electrons. The Morgan fingerprint density at radius 1 is 0.588 bits per heavy atom. The molecule has 0 aromatic carbocycles. The summed E-state index contributed by atoms with van der Waals surface area (Å²) in [5.74, 6) is 1.53. The van der Waals surface area contributed by atoms with Crippen molar-refractivity contribution in [2.24, 2.45) is 23.7 Å². The number of hydrogen-bond acceptors (Lipinski definition) is 4. The number of quaternary nitrogens is 2. The van der Waals surface area contributed by atoms with Crippen molar-refractivity contribution in [2.75, 3.05) is 66.6 Å². The third-order valence-electron chi connectivity index (χ3n) is 10.2. The van der Waals surface area contributed by atoms with Crippen LogP contribution < -0.4 is 0 Å². The number of carbonyl (C=O) groups excluding carboxylic acids is 2. The lowest BCUT2D eigenvalue weighted by Crippen LogP contribution is -2.63. The van der Waals surface area contributed by atoms with E-state index in [0.717, 1.165) is 13.1 Å². The molecule has 2 atom stereocenters. The summed E-state index contributed by atoms with van der Waals surface area (Å²) in [6.45, 7) is 9.68. The van der Waals surface area contributed by atoms with Gasteiger partial charge in [-0.3, -0.25) is 9.59 Å². The third-order valence-corrected chi connectivity index (χ3v) is 10.2. The molecule has 0 aromatic heterocycles. The second kappa shape index (κ2) is 11.7. The predicted octanol–water partition coefficient (Wildman–Crippen LogP) is 4.17. The molecule has 6 heterocycles. The van der Waals surface area contributed by atoms with Crippen molar-refractivity contribution in [3.8, 4) is 0 Å². The Hall–Kier alpha value is -1.14. The van der Waals surface area contributed by atoms with E-state index < -0.39 is 0 Å². The summed E-state index contributed by atoms with van der Waals surface area (Å²) in [7, 11) is 3.09. The molecule has 6 fully saturated rings. The zero-order valence-corrected chi connectivity index (χ0v) is 22.0. The molecule has 0 saturated carbocycles. The Labute approximate surface area is 207 Å². The van der Waals surface area contributed by atoms with Crippen LogP contribution in [0.15, 0.2) is 0 Å². The molecule has 0 aliphatic carbocycles. The summed E-state index contributed by atoms with van der Waals surface area (Å²) >= 11 is 0. The maximum absolute atomic E-state index is 12.2. The Kier molecular flexibility index (Phi) is 8.95. The molecule has 0 N–H and O–H groups in total. The van der Waals surface area contributed by atoms with Gasteiger partial charge in [0, 0.05) is 25.7 Å². The molecule has 6 aliphatic heterocycles. The van der Waals surface area contributed by atoms with Gasteiger partial charge in [-0.25, -0.2) is 0 Å². The van der Waals surface area contributed by atoms with Gasteiger partial charge in [-0.1, -0.05) is 25.7 Å². The molecule has 2 unspecified atom stereocenters. The average molecular weight is 479 g/mol. The van der Waals surface area contributed by atoms with Crippen LogP contribution in [0.1, 0.15) is 77.0 Å². The molecule has 0 amide bonds. The number of piperidine rings is 6. The van der Waals surface area contributed by atoms with Crippen LogP contribution >= 0.6 is 0 Å². The molecule has 6 saturated heterocycles. The van der Waals surface area contributed by atoms with Gasteiger partial charge in [0.25, 0.3) is 0 Å². The van der Waals surface area contributed by atoms with E-state index in [4.69, 9.17) is 9.47 Å². The molecular formula is C28H50N2O4+2. The summed E-state index contributed by atoms with van der Waals surface area (Å²) in [5.41, 5.74) is 0. The molecular weight excluding hydrogens is 428 g/mol. The lowest BCUT2D eigenvalue weighted by Gasteiger charge is -2.52. The van der Waals surface area contributed by atoms with Gasteiger partial charge in [0.1, 0.15) is 11.8 Å². The van der Waals surface area contributed by atoms with Gasteiger partial charge in [-0.05, 0) is 37.5 Å². The highest BCUT2D eigenvalue weighted by Crippen LogP contribution is 2.39. The zero-order chi connectivity index (χ0) is 24.0. The Morgan fingerprint density at radius 3 is 1.24 bits per heavy atom. The molecule has 0 spiro atoms. The quantitative estimate of drug-likeness (QED) is 0.227. The first-order valence-corrected chi connectivity index (χ1v) is 14.4. The van der Waals surface area contributed by atoms with Gasteiger partial charge >= 0.3 is 11.9 Å². The van der Waals surface area contributed by atoms with Crippen LogP contribution in [-0.4, -0.2) is 87.5 Å². The minimum absolute atomic E-state index is 0.0322. The van der Waals surface area contributed by atoms with Gasteiger partial charge in [0.2, 0.25) is 0 Å². The van der Waals surface area contributed by atoms with E-state index >= 15 is 0 Å². The van der Waals surface area contributed by atoms with E-state index in [-0.39, 0.29) is 23.8 Å². The SMILES string of the molecule is COC(=O)C1C[N+]2(CCCCCCCCCC[N+]34CCC(CC3)C(C(=O)OC)C4)CCC1CC2. The minimum atomic E-state index is 0.0322. The third kappa shape index (κ3) is 5.98. The van der Waals surface area contributed by atoms with E-state index in [0.29, 0.717) is 11.8 Å². The number of carbonyl (C=O) groups is 2. The van der Waals surface area contributed by atoms with Crippen molar-refractivity contribution in [3.05, 3.63) is 0 Å². The maximum atomic E-state index is 12.2. The fraction of sp³-hybridized carbons (Fsp3) is 0.929. The predicted molar refractivity (Wildman–Crippen MR) is 133 cm³/mol. The first kappa shape index (κ1) is 25.9. The van der Waals surface area contributed by atoms with E-state index in [2.05, 4.69) is 0 Å². The largest absolute Gasteiger partial charge is 0.469 e. The topological polar surface area (TPSA) is 52.6 Å². The first-order valence-electron chi connectivity index (χ1n) is 14.4. The van der Waals surface area contributed by atoms with Crippen LogP contribution in [0.2, 0.25) is 0 Å². The normalized spacial score (nSPS) is 36.4. The molecule has 6 rings (SSSR count). The molecule has 6 nitrogen and oxygen atoms in total. The number of unbranched alkanes of at least 4 members (excludes halogenated alkanes) is 7. The van der Waals surface area contributed by atoms with Gasteiger partial charge in [-0.2, -0.15) is 0 Å². The Bertz CT molecular complexity index is 622. The van der Waals surface area contributed by atoms with Crippen LogP contribution in [-0.2, 0) is 19.1 Å². The molecule has 34 heavy (non-hydrogen) atoms. The number of ether oxygens (including phenoxy) is 2.